The Hall–Kier alpha value is -1.71. The van der Waals surface area contributed by atoms with Crippen molar-refractivity contribution in [2.75, 3.05) is 36.4 Å². The van der Waals surface area contributed by atoms with Crippen molar-refractivity contribution in [2.45, 2.75) is 38.0 Å². The van der Waals surface area contributed by atoms with E-state index in [0.717, 1.165) is 28.7 Å². The molecule has 2 N–H and O–H groups in total. The van der Waals surface area contributed by atoms with Gasteiger partial charge in [-0.25, -0.2) is 23.1 Å². The van der Waals surface area contributed by atoms with Crippen molar-refractivity contribution in [1.82, 2.24) is 14.7 Å². The molecule has 2 aromatic heterocycles. The van der Waals surface area contributed by atoms with Gasteiger partial charge >= 0.3 is 0 Å². The minimum absolute atomic E-state index is 0.291. The van der Waals surface area contributed by atoms with Gasteiger partial charge < -0.3 is 10.2 Å². The Balaban J connectivity index is 1.53. The molecule has 1 fully saturated rings. The molecule has 9 heteroatoms. The van der Waals surface area contributed by atoms with Gasteiger partial charge in [0.05, 0.1) is 4.90 Å². The fraction of sp³-hybridized carbons (Fsp3) is 0.529. The Morgan fingerprint density at radius 3 is 2.58 bits per heavy atom. The molecule has 3 rings (SSSR count). The van der Waals surface area contributed by atoms with Gasteiger partial charge in [-0.05, 0) is 39.2 Å². The number of piperidine rings is 1. The van der Waals surface area contributed by atoms with Crippen LogP contribution < -0.4 is 14.9 Å². The standard InChI is InChI=1S/C17H25N5O2S2/c1-13-10-15(14(2)25-13)26(23,24)21-7-6-18-16-11-17(20-12-19-16)22-8-4-3-5-9-22/h10-12,21H,3-9H2,1-2H3,(H,18,19,20). The lowest BCUT2D eigenvalue weighted by Gasteiger charge is -2.27. The number of rotatable bonds is 7. The second-order valence-electron chi connectivity index (χ2n) is 6.41. The highest BCUT2D eigenvalue weighted by atomic mass is 32.2. The maximum Gasteiger partial charge on any atom is 0.241 e. The molecule has 0 radical (unpaired) electrons. The molecule has 26 heavy (non-hydrogen) atoms. The van der Waals surface area contributed by atoms with Crippen LogP contribution in [-0.2, 0) is 10.0 Å². The van der Waals surface area contributed by atoms with Crippen LogP contribution in [0.5, 0.6) is 0 Å². The molecule has 2 aromatic rings. The number of hydrogen-bond donors (Lipinski definition) is 2. The van der Waals surface area contributed by atoms with Crippen LogP contribution in [0.3, 0.4) is 0 Å². The second kappa shape index (κ2) is 8.32. The molecule has 0 aromatic carbocycles. The van der Waals surface area contributed by atoms with Crippen molar-refractivity contribution >= 4 is 33.0 Å². The summed E-state index contributed by atoms with van der Waals surface area (Å²) < 4.78 is 27.4. The molecule has 142 valence electrons. The number of nitrogens with one attached hydrogen (secondary N) is 2. The lowest BCUT2D eigenvalue weighted by atomic mass is 10.1. The number of anilines is 2. The molecule has 0 atom stereocenters. The van der Waals surface area contributed by atoms with E-state index in [4.69, 9.17) is 0 Å². The number of aromatic nitrogens is 2. The number of thiophene rings is 1. The van der Waals surface area contributed by atoms with Crippen LogP contribution in [-0.4, -0.2) is 44.6 Å². The van der Waals surface area contributed by atoms with Gasteiger partial charge in [0.15, 0.2) is 0 Å². The fourth-order valence-electron chi connectivity index (χ4n) is 3.07. The van der Waals surface area contributed by atoms with Crippen LogP contribution in [0.15, 0.2) is 23.4 Å². The van der Waals surface area contributed by atoms with Crippen LogP contribution >= 0.6 is 11.3 Å². The lowest BCUT2D eigenvalue weighted by Crippen LogP contribution is -2.30. The zero-order valence-electron chi connectivity index (χ0n) is 15.2. The van der Waals surface area contributed by atoms with Gasteiger partial charge in [0.25, 0.3) is 0 Å². The van der Waals surface area contributed by atoms with Crippen LogP contribution in [0.4, 0.5) is 11.6 Å². The Kier molecular flexibility index (Phi) is 6.10. The minimum Gasteiger partial charge on any atom is -0.369 e. The van der Waals surface area contributed by atoms with Crippen molar-refractivity contribution in [3.63, 3.8) is 0 Å². The van der Waals surface area contributed by atoms with Crippen LogP contribution in [0.1, 0.15) is 29.0 Å². The fourth-order valence-corrected chi connectivity index (χ4v) is 5.65. The van der Waals surface area contributed by atoms with Crippen molar-refractivity contribution < 1.29 is 8.42 Å². The molecule has 1 aliphatic rings. The summed E-state index contributed by atoms with van der Waals surface area (Å²) in [6, 6.07) is 3.64. The third-order valence-electron chi connectivity index (χ3n) is 4.34. The molecule has 0 bridgehead atoms. The summed E-state index contributed by atoms with van der Waals surface area (Å²) in [5.41, 5.74) is 0. The number of aryl methyl sites for hydroxylation is 2. The quantitative estimate of drug-likeness (QED) is 0.701. The summed E-state index contributed by atoms with van der Waals surface area (Å²) in [7, 11) is -3.47. The molecule has 0 spiro atoms. The van der Waals surface area contributed by atoms with E-state index in [2.05, 4.69) is 24.9 Å². The number of hydrogen-bond acceptors (Lipinski definition) is 7. The Labute approximate surface area is 158 Å². The van der Waals surface area contributed by atoms with Crippen molar-refractivity contribution in [1.29, 1.82) is 0 Å². The van der Waals surface area contributed by atoms with E-state index in [1.807, 2.05) is 19.9 Å². The van der Waals surface area contributed by atoms with E-state index in [9.17, 15) is 8.42 Å². The number of sulfonamides is 1. The zero-order chi connectivity index (χ0) is 18.6. The molecule has 1 aliphatic heterocycles. The summed E-state index contributed by atoms with van der Waals surface area (Å²) in [5, 5.41) is 3.17. The summed E-state index contributed by atoms with van der Waals surface area (Å²) in [6.07, 6.45) is 5.20. The van der Waals surface area contributed by atoms with E-state index < -0.39 is 10.0 Å². The zero-order valence-corrected chi connectivity index (χ0v) is 16.8. The monoisotopic (exact) mass is 395 g/mol. The van der Waals surface area contributed by atoms with Gasteiger partial charge in [-0.1, -0.05) is 0 Å². The normalized spacial score (nSPS) is 15.2. The molecule has 0 saturated carbocycles. The van der Waals surface area contributed by atoms with E-state index in [-0.39, 0.29) is 0 Å². The van der Waals surface area contributed by atoms with Gasteiger partial charge in [-0.2, -0.15) is 0 Å². The lowest BCUT2D eigenvalue weighted by molar-refractivity contribution is 0.573. The SMILES string of the molecule is Cc1cc(S(=O)(=O)NCCNc2cc(N3CCCCC3)ncn2)c(C)s1. The van der Waals surface area contributed by atoms with Gasteiger partial charge in [-0.3, -0.25) is 0 Å². The third-order valence-corrected chi connectivity index (χ3v) is 7.02. The molecule has 0 unspecified atom stereocenters. The first-order valence-electron chi connectivity index (χ1n) is 8.83. The molecule has 0 aliphatic carbocycles. The molecule has 3 heterocycles. The van der Waals surface area contributed by atoms with Gasteiger partial charge in [0.1, 0.15) is 18.0 Å². The van der Waals surface area contributed by atoms with Crippen LogP contribution in [0, 0.1) is 13.8 Å². The first kappa shape index (κ1) is 19.1. The van der Waals surface area contributed by atoms with Gasteiger partial charge in [0.2, 0.25) is 10.0 Å². The smallest absolute Gasteiger partial charge is 0.241 e. The van der Waals surface area contributed by atoms with Crippen molar-refractivity contribution in [3.8, 4) is 0 Å². The molecule has 0 amide bonds. The third kappa shape index (κ3) is 4.72. The van der Waals surface area contributed by atoms with Gasteiger partial charge in [0, 0.05) is 42.0 Å². The molecular formula is C17H25N5O2S2. The Morgan fingerprint density at radius 1 is 1.12 bits per heavy atom. The predicted octanol–water partition coefficient (Wildman–Crippen LogP) is 2.54. The summed E-state index contributed by atoms with van der Waals surface area (Å²) in [5.74, 6) is 1.63. The average Bonchev–Trinajstić information content (AvgIpc) is 2.99. The van der Waals surface area contributed by atoms with Crippen LogP contribution in [0.2, 0.25) is 0 Å². The maximum absolute atomic E-state index is 12.4. The molecular weight excluding hydrogens is 370 g/mol. The maximum atomic E-state index is 12.4. The Morgan fingerprint density at radius 2 is 1.88 bits per heavy atom. The van der Waals surface area contributed by atoms with Gasteiger partial charge in [-0.15, -0.1) is 11.3 Å². The Bertz CT molecular complexity index is 845. The topological polar surface area (TPSA) is 87.2 Å². The van der Waals surface area contributed by atoms with Crippen molar-refractivity contribution in [3.05, 3.63) is 28.2 Å². The van der Waals surface area contributed by atoms with E-state index in [1.165, 1.54) is 30.6 Å². The average molecular weight is 396 g/mol. The molecule has 1 saturated heterocycles. The first-order chi connectivity index (χ1) is 12.5. The highest BCUT2D eigenvalue weighted by Crippen LogP contribution is 2.24. The summed E-state index contributed by atoms with van der Waals surface area (Å²) >= 11 is 1.49. The second-order valence-corrected chi connectivity index (χ2v) is 9.61. The summed E-state index contributed by atoms with van der Waals surface area (Å²) in [6.45, 7) is 6.53. The number of nitrogens with zero attached hydrogens (tertiary/aromatic N) is 3. The highest BCUT2D eigenvalue weighted by molar-refractivity contribution is 7.89. The minimum atomic E-state index is -3.47. The first-order valence-corrected chi connectivity index (χ1v) is 11.1. The van der Waals surface area contributed by atoms with E-state index >= 15 is 0 Å². The largest absolute Gasteiger partial charge is 0.369 e. The van der Waals surface area contributed by atoms with E-state index in [1.54, 1.807) is 12.4 Å². The predicted molar refractivity (Wildman–Crippen MR) is 106 cm³/mol. The van der Waals surface area contributed by atoms with Crippen molar-refractivity contribution in [2.24, 2.45) is 0 Å². The van der Waals surface area contributed by atoms with Crippen LogP contribution in [0.25, 0.3) is 0 Å². The highest BCUT2D eigenvalue weighted by Gasteiger charge is 2.18. The van der Waals surface area contributed by atoms with E-state index in [0.29, 0.717) is 23.8 Å². The summed E-state index contributed by atoms with van der Waals surface area (Å²) in [4.78, 5) is 13.0. The molecule has 7 nitrogen and oxygen atoms in total.